The van der Waals surface area contributed by atoms with Gasteiger partial charge in [0.25, 0.3) is 5.91 Å². The first-order chi connectivity index (χ1) is 8.41. The molecule has 2 aliphatic rings. The van der Waals surface area contributed by atoms with Gasteiger partial charge in [-0.2, -0.15) is 0 Å². The van der Waals surface area contributed by atoms with Crippen LogP contribution in [0.15, 0.2) is 0 Å². The van der Waals surface area contributed by atoms with Crippen LogP contribution < -0.4 is 5.32 Å². The first-order valence-corrected chi connectivity index (χ1v) is 5.75. The highest BCUT2D eigenvalue weighted by Gasteiger charge is 2.49. The van der Waals surface area contributed by atoms with Crippen molar-refractivity contribution >= 4 is 23.7 Å². The van der Waals surface area contributed by atoms with Crippen LogP contribution in [0.3, 0.4) is 0 Å². The highest BCUT2D eigenvalue weighted by molar-refractivity contribution is 6.02. The molecule has 2 fully saturated rings. The van der Waals surface area contributed by atoms with Crippen molar-refractivity contribution in [3.8, 4) is 0 Å². The number of likely N-dealkylation sites (N-methyl/N-ethyl adjacent to an activating group) is 1. The Kier molecular flexibility index (Phi) is 3.06. The number of hydrogen-bond acceptors (Lipinski definition) is 4. The molecule has 2 N–H and O–H groups in total. The number of nitrogens with one attached hydrogen (secondary N) is 1. The number of amides is 3. The van der Waals surface area contributed by atoms with Crippen LogP contribution in [0.5, 0.6) is 0 Å². The summed E-state index contributed by atoms with van der Waals surface area (Å²) in [7, 11) is 1.38. The highest BCUT2D eigenvalue weighted by Crippen LogP contribution is 2.38. The number of aliphatic carboxylic acids is 1. The predicted octanol–water partition coefficient (Wildman–Crippen LogP) is -1.03. The van der Waals surface area contributed by atoms with Crippen molar-refractivity contribution in [2.24, 2.45) is 11.8 Å². The fourth-order valence-corrected chi connectivity index (χ4v) is 2.09. The zero-order chi connectivity index (χ0) is 13.4. The summed E-state index contributed by atoms with van der Waals surface area (Å²) in [5, 5.41) is 11.2. The zero-order valence-corrected chi connectivity index (χ0v) is 9.88. The minimum atomic E-state index is -0.989. The number of imide groups is 1. The Morgan fingerprint density at radius 2 is 2.00 bits per heavy atom. The van der Waals surface area contributed by atoms with Crippen LogP contribution in [0.1, 0.15) is 19.3 Å². The van der Waals surface area contributed by atoms with E-state index in [0.717, 1.165) is 4.90 Å². The Bertz CT molecular complexity index is 433. The minimum Gasteiger partial charge on any atom is -0.481 e. The molecule has 1 saturated carbocycles. The lowest BCUT2D eigenvalue weighted by Crippen LogP contribution is -2.53. The fourth-order valence-electron chi connectivity index (χ4n) is 2.09. The number of carboxylic acids is 1. The maximum atomic E-state index is 11.7. The van der Waals surface area contributed by atoms with Crippen LogP contribution >= 0.6 is 0 Å². The summed E-state index contributed by atoms with van der Waals surface area (Å²) < 4.78 is 0. The van der Waals surface area contributed by atoms with E-state index in [1.165, 1.54) is 7.05 Å². The number of carbonyl (C=O) groups is 4. The van der Waals surface area contributed by atoms with Crippen molar-refractivity contribution in [2.75, 3.05) is 7.05 Å². The smallest absolute Gasteiger partial charge is 0.307 e. The molecule has 0 radical (unpaired) electrons. The van der Waals surface area contributed by atoms with Gasteiger partial charge in [-0.05, 0) is 12.8 Å². The molecule has 0 spiro atoms. The monoisotopic (exact) mass is 254 g/mol. The molecule has 0 bridgehead atoms. The number of likely N-dealkylation sites (tertiary alicyclic amines) is 1. The lowest BCUT2D eigenvalue weighted by molar-refractivity contribution is -0.149. The second-order valence-corrected chi connectivity index (χ2v) is 4.68. The van der Waals surface area contributed by atoms with E-state index in [2.05, 4.69) is 5.32 Å². The number of piperidine rings is 1. The van der Waals surface area contributed by atoms with Crippen LogP contribution in [0, 0.1) is 11.8 Å². The maximum Gasteiger partial charge on any atom is 0.307 e. The minimum absolute atomic E-state index is 0.209. The third-order valence-corrected chi connectivity index (χ3v) is 3.41. The number of hydrogen-bond donors (Lipinski definition) is 2. The van der Waals surface area contributed by atoms with E-state index in [9.17, 15) is 19.2 Å². The largest absolute Gasteiger partial charge is 0.481 e. The molecule has 98 valence electrons. The molecular weight excluding hydrogens is 240 g/mol. The Morgan fingerprint density at radius 3 is 2.56 bits per heavy atom. The van der Waals surface area contributed by atoms with Crippen molar-refractivity contribution in [3.63, 3.8) is 0 Å². The van der Waals surface area contributed by atoms with Gasteiger partial charge in [0.15, 0.2) is 0 Å². The Morgan fingerprint density at radius 1 is 1.33 bits per heavy atom. The molecule has 3 amide bonds. The lowest BCUT2D eigenvalue weighted by Gasteiger charge is -2.28. The van der Waals surface area contributed by atoms with E-state index < -0.39 is 35.7 Å². The Hall–Kier alpha value is -1.92. The van der Waals surface area contributed by atoms with Gasteiger partial charge in [-0.1, -0.05) is 0 Å². The third kappa shape index (κ3) is 2.20. The second-order valence-electron chi connectivity index (χ2n) is 4.68. The molecule has 0 aromatic rings. The van der Waals surface area contributed by atoms with E-state index in [0.29, 0.717) is 6.42 Å². The topological polar surface area (TPSA) is 104 Å². The van der Waals surface area contributed by atoms with Gasteiger partial charge in [0.05, 0.1) is 11.8 Å². The molecular formula is C11H14N2O5. The van der Waals surface area contributed by atoms with Gasteiger partial charge in [0, 0.05) is 13.5 Å². The van der Waals surface area contributed by atoms with Gasteiger partial charge in [-0.3, -0.25) is 24.1 Å². The van der Waals surface area contributed by atoms with Gasteiger partial charge in [0.1, 0.15) is 6.04 Å². The van der Waals surface area contributed by atoms with Crippen LogP contribution in [-0.4, -0.2) is 46.8 Å². The standard InChI is InChI=1S/C11H14N2O5/c1-13-8(14)3-2-7(10(13)16)12-9(15)5-4-6(5)11(17)18/h5-7H,2-4H2,1H3,(H,12,15)(H,17,18)/t5-,6+,7?/m1/s1. The lowest BCUT2D eigenvalue weighted by atomic mass is 10.0. The van der Waals surface area contributed by atoms with E-state index >= 15 is 0 Å². The summed E-state index contributed by atoms with van der Waals surface area (Å²) in [5.74, 6) is -3.28. The molecule has 2 rings (SSSR count). The predicted molar refractivity (Wildman–Crippen MR) is 58.2 cm³/mol. The first kappa shape index (κ1) is 12.5. The van der Waals surface area contributed by atoms with Gasteiger partial charge in [-0.25, -0.2) is 0 Å². The summed E-state index contributed by atoms with van der Waals surface area (Å²) >= 11 is 0. The highest BCUT2D eigenvalue weighted by atomic mass is 16.4. The van der Waals surface area contributed by atoms with E-state index in [-0.39, 0.29) is 18.7 Å². The van der Waals surface area contributed by atoms with Crippen LogP contribution in [0.25, 0.3) is 0 Å². The van der Waals surface area contributed by atoms with E-state index in [1.807, 2.05) is 0 Å². The van der Waals surface area contributed by atoms with Crippen molar-refractivity contribution in [1.82, 2.24) is 10.2 Å². The summed E-state index contributed by atoms with van der Waals surface area (Å²) in [5.41, 5.74) is 0. The summed E-state index contributed by atoms with van der Waals surface area (Å²) in [6, 6.07) is -0.713. The van der Waals surface area contributed by atoms with Gasteiger partial charge >= 0.3 is 5.97 Å². The maximum absolute atomic E-state index is 11.7. The molecule has 1 heterocycles. The molecule has 1 unspecified atom stereocenters. The molecule has 3 atom stereocenters. The molecule has 1 saturated heterocycles. The molecule has 0 aromatic heterocycles. The number of carbonyl (C=O) groups excluding carboxylic acids is 3. The van der Waals surface area contributed by atoms with Crippen molar-refractivity contribution in [2.45, 2.75) is 25.3 Å². The van der Waals surface area contributed by atoms with Gasteiger partial charge < -0.3 is 10.4 Å². The van der Waals surface area contributed by atoms with Gasteiger partial charge in [-0.15, -0.1) is 0 Å². The van der Waals surface area contributed by atoms with E-state index in [1.54, 1.807) is 0 Å². The first-order valence-electron chi connectivity index (χ1n) is 5.75. The molecule has 1 aliphatic heterocycles. The Labute approximate surface area is 103 Å². The third-order valence-electron chi connectivity index (χ3n) is 3.41. The molecule has 7 nitrogen and oxygen atoms in total. The van der Waals surface area contributed by atoms with Crippen LogP contribution in [-0.2, 0) is 19.2 Å². The Balaban J connectivity index is 1.91. The fraction of sp³-hybridized carbons (Fsp3) is 0.636. The van der Waals surface area contributed by atoms with Crippen LogP contribution in [0.4, 0.5) is 0 Å². The number of nitrogens with zero attached hydrogens (tertiary/aromatic N) is 1. The summed E-state index contributed by atoms with van der Waals surface area (Å²) in [6.07, 6.45) is 0.801. The number of rotatable bonds is 3. The molecule has 18 heavy (non-hydrogen) atoms. The summed E-state index contributed by atoms with van der Waals surface area (Å²) in [4.78, 5) is 46.3. The van der Waals surface area contributed by atoms with Crippen molar-refractivity contribution in [3.05, 3.63) is 0 Å². The van der Waals surface area contributed by atoms with Gasteiger partial charge in [0.2, 0.25) is 11.8 Å². The molecule has 0 aromatic carbocycles. The SMILES string of the molecule is CN1C(=O)CCC(NC(=O)[C@@H]2C[C@@H]2C(=O)O)C1=O. The molecule has 1 aliphatic carbocycles. The quantitative estimate of drug-likeness (QED) is 0.627. The number of carboxylic acid groups (broad SMARTS) is 1. The molecule has 7 heteroatoms. The van der Waals surface area contributed by atoms with Crippen molar-refractivity contribution in [1.29, 1.82) is 0 Å². The second kappa shape index (κ2) is 4.40. The van der Waals surface area contributed by atoms with Crippen LogP contribution in [0.2, 0.25) is 0 Å². The van der Waals surface area contributed by atoms with Crippen molar-refractivity contribution < 1.29 is 24.3 Å². The average molecular weight is 254 g/mol. The summed E-state index contributed by atoms with van der Waals surface area (Å²) in [6.45, 7) is 0. The van der Waals surface area contributed by atoms with E-state index in [4.69, 9.17) is 5.11 Å². The average Bonchev–Trinajstić information content (AvgIpc) is 3.10. The normalized spacial score (nSPS) is 31.2. The zero-order valence-electron chi connectivity index (χ0n) is 9.88.